The molecular formula is C21H20ClF2NO2. The molecule has 0 amide bonds. The van der Waals surface area contributed by atoms with E-state index in [1.807, 2.05) is 30.3 Å². The number of benzene rings is 3. The third-order valence-electron chi connectivity index (χ3n) is 3.80. The van der Waals surface area contributed by atoms with Gasteiger partial charge in [-0.15, -0.1) is 12.4 Å². The molecule has 0 radical (unpaired) electrons. The fourth-order valence-corrected chi connectivity index (χ4v) is 2.54. The summed E-state index contributed by atoms with van der Waals surface area (Å²) < 4.78 is 38.7. The Bertz CT molecular complexity index is 875. The van der Waals surface area contributed by atoms with E-state index in [0.29, 0.717) is 42.4 Å². The average Bonchev–Trinajstić information content (AvgIpc) is 2.66. The maximum Gasteiger partial charge on any atom is 0.162 e. The highest BCUT2D eigenvalue weighted by Crippen LogP contribution is 2.34. The van der Waals surface area contributed by atoms with Crippen molar-refractivity contribution in [3.8, 4) is 22.6 Å². The van der Waals surface area contributed by atoms with Crippen LogP contribution in [0.15, 0.2) is 66.7 Å². The Labute approximate surface area is 163 Å². The largest absolute Gasteiger partial charge is 0.488 e. The van der Waals surface area contributed by atoms with E-state index in [0.717, 1.165) is 11.6 Å². The van der Waals surface area contributed by atoms with Gasteiger partial charge in [-0.25, -0.2) is 8.78 Å². The standard InChI is InChI=1S/C21H19F2NO2.ClH/c22-17-7-8-18(19(23)13-17)16-6-9-20(25-11-10-24)21(12-16)26-14-15-4-2-1-3-5-15;/h1-9,12-13H,10-11,14,24H2;1H. The molecule has 3 rings (SSSR count). The maximum absolute atomic E-state index is 14.1. The average molecular weight is 392 g/mol. The van der Waals surface area contributed by atoms with Crippen molar-refractivity contribution >= 4 is 12.4 Å². The first-order valence-electron chi connectivity index (χ1n) is 8.26. The molecule has 0 saturated heterocycles. The molecule has 0 aliphatic heterocycles. The molecule has 0 unspecified atom stereocenters. The summed E-state index contributed by atoms with van der Waals surface area (Å²) in [4.78, 5) is 0. The molecule has 0 heterocycles. The van der Waals surface area contributed by atoms with Crippen molar-refractivity contribution in [2.75, 3.05) is 13.2 Å². The molecule has 3 nitrogen and oxygen atoms in total. The molecule has 0 saturated carbocycles. The van der Waals surface area contributed by atoms with Crippen LogP contribution in [0.5, 0.6) is 11.5 Å². The van der Waals surface area contributed by atoms with Gasteiger partial charge in [-0.2, -0.15) is 0 Å². The highest BCUT2D eigenvalue weighted by molar-refractivity contribution is 5.85. The van der Waals surface area contributed by atoms with Crippen LogP contribution in [0.3, 0.4) is 0 Å². The van der Waals surface area contributed by atoms with Crippen molar-refractivity contribution in [2.45, 2.75) is 6.61 Å². The fourth-order valence-electron chi connectivity index (χ4n) is 2.54. The molecule has 0 bridgehead atoms. The SMILES string of the molecule is Cl.NCCOc1ccc(-c2ccc(F)cc2F)cc1OCc1ccccc1. The summed E-state index contributed by atoms with van der Waals surface area (Å²) >= 11 is 0. The number of halogens is 3. The monoisotopic (exact) mass is 391 g/mol. The predicted octanol–water partition coefficient (Wildman–Crippen LogP) is 4.97. The van der Waals surface area contributed by atoms with Crippen LogP contribution in [-0.4, -0.2) is 13.2 Å². The van der Waals surface area contributed by atoms with Gasteiger partial charge in [0.2, 0.25) is 0 Å². The van der Waals surface area contributed by atoms with Crippen LogP contribution in [0.4, 0.5) is 8.78 Å². The lowest BCUT2D eigenvalue weighted by atomic mass is 10.0. The molecule has 0 aromatic heterocycles. The molecule has 3 aromatic rings. The molecule has 2 N–H and O–H groups in total. The summed E-state index contributed by atoms with van der Waals surface area (Å²) in [6.45, 7) is 1.05. The molecule has 27 heavy (non-hydrogen) atoms. The lowest BCUT2D eigenvalue weighted by molar-refractivity contribution is 0.266. The smallest absolute Gasteiger partial charge is 0.162 e. The van der Waals surface area contributed by atoms with Gasteiger partial charge < -0.3 is 15.2 Å². The number of hydrogen-bond donors (Lipinski definition) is 1. The third kappa shape index (κ3) is 5.42. The van der Waals surface area contributed by atoms with Crippen LogP contribution in [0.1, 0.15) is 5.56 Å². The van der Waals surface area contributed by atoms with Gasteiger partial charge in [-0.05, 0) is 35.4 Å². The number of rotatable bonds is 7. The van der Waals surface area contributed by atoms with Crippen LogP contribution >= 0.6 is 12.4 Å². The summed E-state index contributed by atoms with van der Waals surface area (Å²) in [6, 6.07) is 18.3. The van der Waals surface area contributed by atoms with Gasteiger partial charge in [0.1, 0.15) is 24.8 Å². The third-order valence-corrected chi connectivity index (χ3v) is 3.80. The van der Waals surface area contributed by atoms with Crippen molar-refractivity contribution in [1.29, 1.82) is 0 Å². The van der Waals surface area contributed by atoms with Crippen LogP contribution in [-0.2, 0) is 6.61 Å². The number of hydrogen-bond acceptors (Lipinski definition) is 3. The second-order valence-electron chi connectivity index (χ2n) is 5.70. The zero-order chi connectivity index (χ0) is 18.4. The van der Waals surface area contributed by atoms with Crippen molar-refractivity contribution in [1.82, 2.24) is 0 Å². The second kappa shape index (κ2) is 9.90. The van der Waals surface area contributed by atoms with Crippen LogP contribution in [0.25, 0.3) is 11.1 Å². The van der Waals surface area contributed by atoms with Gasteiger partial charge in [0.15, 0.2) is 11.5 Å². The van der Waals surface area contributed by atoms with E-state index in [-0.39, 0.29) is 12.4 Å². The molecule has 142 valence electrons. The lowest BCUT2D eigenvalue weighted by Crippen LogP contribution is -2.11. The maximum atomic E-state index is 14.1. The van der Waals surface area contributed by atoms with Gasteiger partial charge in [-0.3, -0.25) is 0 Å². The minimum Gasteiger partial charge on any atom is -0.488 e. The van der Waals surface area contributed by atoms with Crippen molar-refractivity contribution < 1.29 is 18.3 Å². The minimum atomic E-state index is -0.630. The van der Waals surface area contributed by atoms with Crippen LogP contribution in [0, 0.1) is 11.6 Å². The Balaban J connectivity index is 0.00000261. The Morgan fingerprint density at radius 1 is 0.815 bits per heavy atom. The van der Waals surface area contributed by atoms with E-state index in [1.165, 1.54) is 12.1 Å². The Kier molecular flexibility index (Phi) is 7.58. The molecular weight excluding hydrogens is 372 g/mol. The summed E-state index contributed by atoms with van der Waals surface area (Å²) in [6.07, 6.45) is 0. The summed E-state index contributed by atoms with van der Waals surface area (Å²) in [5.74, 6) is -0.245. The van der Waals surface area contributed by atoms with Gasteiger partial charge in [0.05, 0.1) is 0 Å². The summed E-state index contributed by atoms with van der Waals surface area (Å²) in [5, 5.41) is 0. The van der Waals surface area contributed by atoms with E-state index in [9.17, 15) is 8.78 Å². The minimum absolute atomic E-state index is 0. The van der Waals surface area contributed by atoms with Crippen LogP contribution < -0.4 is 15.2 Å². The van der Waals surface area contributed by atoms with E-state index >= 15 is 0 Å². The molecule has 0 spiro atoms. The molecule has 0 fully saturated rings. The van der Waals surface area contributed by atoms with Crippen molar-refractivity contribution in [3.05, 3.63) is 83.9 Å². The predicted molar refractivity (Wildman–Crippen MR) is 104 cm³/mol. The topological polar surface area (TPSA) is 44.5 Å². The van der Waals surface area contributed by atoms with Gasteiger partial charge in [-0.1, -0.05) is 36.4 Å². The van der Waals surface area contributed by atoms with Crippen molar-refractivity contribution in [3.63, 3.8) is 0 Å². The van der Waals surface area contributed by atoms with Crippen LogP contribution in [0.2, 0.25) is 0 Å². The Morgan fingerprint density at radius 3 is 2.30 bits per heavy atom. The molecule has 0 aliphatic rings. The zero-order valence-electron chi connectivity index (χ0n) is 14.5. The molecule has 0 aliphatic carbocycles. The Hall–Kier alpha value is -2.63. The molecule has 6 heteroatoms. The Morgan fingerprint density at radius 2 is 1.59 bits per heavy atom. The van der Waals surface area contributed by atoms with Gasteiger partial charge in [0.25, 0.3) is 0 Å². The van der Waals surface area contributed by atoms with Crippen molar-refractivity contribution in [2.24, 2.45) is 5.73 Å². The van der Waals surface area contributed by atoms with E-state index in [4.69, 9.17) is 15.2 Å². The lowest BCUT2D eigenvalue weighted by Gasteiger charge is -2.14. The highest BCUT2D eigenvalue weighted by atomic mass is 35.5. The molecule has 3 aromatic carbocycles. The number of ether oxygens (including phenoxy) is 2. The number of nitrogens with two attached hydrogens (primary N) is 1. The summed E-state index contributed by atoms with van der Waals surface area (Å²) in [5.41, 5.74) is 7.36. The van der Waals surface area contributed by atoms with Gasteiger partial charge >= 0.3 is 0 Å². The molecule has 0 atom stereocenters. The fraction of sp³-hybridized carbons (Fsp3) is 0.143. The van der Waals surface area contributed by atoms with E-state index in [2.05, 4.69) is 0 Å². The second-order valence-corrected chi connectivity index (χ2v) is 5.70. The zero-order valence-corrected chi connectivity index (χ0v) is 15.3. The van der Waals surface area contributed by atoms with Gasteiger partial charge in [0, 0.05) is 18.2 Å². The normalized spacial score (nSPS) is 10.2. The van der Waals surface area contributed by atoms with E-state index in [1.54, 1.807) is 18.2 Å². The first-order chi connectivity index (χ1) is 12.7. The first-order valence-corrected chi connectivity index (χ1v) is 8.26. The first kappa shape index (κ1) is 20.7. The summed E-state index contributed by atoms with van der Waals surface area (Å²) in [7, 11) is 0. The quantitative estimate of drug-likeness (QED) is 0.618. The highest BCUT2D eigenvalue weighted by Gasteiger charge is 2.12. The van der Waals surface area contributed by atoms with E-state index < -0.39 is 11.6 Å².